The minimum Gasteiger partial charge on any atom is -0.384 e. The summed E-state index contributed by atoms with van der Waals surface area (Å²) < 4.78 is 2.17. The van der Waals surface area contributed by atoms with E-state index in [4.69, 9.17) is 0 Å². The number of fused-ring (bicyclic) bond motifs is 2. The van der Waals surface area contributed by atoms with E-state index in [1.165, 1.54) is 57.3 Å². The summed E-state index contributed by atoms with van der Waals surface area (Å²) in [6.07, 6.45) is 7.42. The summed E-state index contributed by atoms with van der Waals surface area (Å²) in [6, 6.07) is 12.2. The van der Waals surface area contributed by atoms with Gasteiger partial charge in [-0.1, -0.05) is 44.9 Å². The highest BCUT2D eigenvalue weighted by Crippen LogP contribution is 2.31. The molecular formula is C26H36N2OS. The van der Waals surface area contributed by atoms with Gasteiger partial charge in [-0.2, -0.15) is 0 Å². The van der Waals surface area contributed by atoms with Gasteiger partial charge in [0, 0.05) is 27.0 Å². The van der Waals surface area contributed by atoms with Crippen LogP contribution in [0.2, 0.25) is 0 Å². The Labute approximate surface area is 185 Å². The zero-order valence-corrected chi connectivity index (χ0v) is 19.6. The molecule has 3 rings (SSSR count). The summed E-state index contributed by atoms with van der Waals surface area (Å²) in [7, 11) is 0. The lowest BCUT2D eigenvalue weighted by atomic mass is 10.1. The van der Waals surface area contributed by atoms with Crippen molar-refractivity contribution < 1.29 is 0 Å². The molecule has 1 N–H and O–H groups in total. The first-order valence-corrected chi connectivity index (χ1v) is 12.4. The van der Waals surface area contributed by atoms with Gasteiger partial charge in [0.05, 0.1) is 5.39 Å². The van der Waals surface area contributed by atoms with E-state index in [1.807, 2.05) is 24.3 Å². The smallest absolute Gasteiger partial charge is 0.197 e. The molecule has 0 aliphatic rings. The topological polar surface area (TPSA) is 32.3 Å². The van der Waals surface area contributed by atoms with Crippen molar-refractivity contribution in [2.45, 2.75) is 59.3 Å². The van der Waals surface area contributed by atoms with Gasteiger partial charge < -0.3 is 10.2 Å². The number of unbranched alkanes of at least 4 members (excludes halogenated alkanes) is 3. The van der Waals surface area contributed by atoms with Crippen LogP contribution in [0.4, 0.5) is 5.69 Å². The fourth-order valence-corrected chi connectivity index (χ4v) is 5.13. The maximum atomic E-state index is 13.2. The Bertz CT molecular complexity index is 1000. The molecule has 3 nitrogen and oxygen atoms in total. The lowest BCUT2D eigenvalue weighted by Gasteiger charge is -2.22. The van der Waals surface area contributed by atoms with E-state index in [-0.39, 0.29) is 5.43 Å². The molecule has 30 heavy (non-hydrogen) atoms. The SMILES string of the molecule is CCCCN(CCCC)CCCCNc1ccc(C)c2sc3ccccc3c(=O)c12. The highest BCUT2D eigenvalue weighted by Gasteiger charge is 2.12. The Morgan fingerprint density at radius 1 is 0.900 bits per heavy atom. The Morgan fingerprint density at radius 3 is 2.33 bits per heavy atom. The van der Waals surface area contributed by atoms with Gasteiger partial charge in [0.15, 0.2) is 5.43 Å². The summed E-state index contributed by atoms with van der Waals surface area (Å²) in [5.74, 6) is 0. The molecule has 162 valence electrons. The molecule has 3 aromatic rings. The predicted octanol–water partition coefficient (Wildman–Crippen LogP) is 6.82. The molecule has 0 atom stereocenters. The Balaban J connectivity index is 1.66. The molecule has 0 radical (unpaired) electrons. The summed E-state index contributed by atoms with van der Waals surface area (Å²) in [5.41, 5.74) is 2.30. The Kier molecular flexibility index (Phi) is 8.71. The average molecular weight is 425 g/mol. The fraction of sp³-hybridized carbons (Fsp3) is 0.500. The van der Waals surface area contributed by atoms with Gasteiger partial charge in [0.2, 0.25) is 0 Å². The monoisotopic (exact) mass is 424 g/mol. The van der Waals surface area contributed by atoms with Crippen LogP contribution in [0.15, 0.2) is 41.2 Å². The second-order valence-electron chi connectivity index (χ2n) is 8.24. The first kappa shape index (κ1) is 22.8. The van der Waals surface area contributed by atoms with Crippen molar-refractivity contribution in [3.05, 3.63) is 52.2 Å². The molecular weight excluding hydrogens is 388 g/mol. The molecule has 0 spiro atoms. The molecule has 0 amide bonds. The summed E-state index contributed by atoms with van der Waals surface area (Å²) in [6.45, 7) is 11.2. The molecule has 0 fully saturated rings. The molecule has 2 aromatic carbocycles. The number of rotatable bonds is 12. The van der Waals surface area contributed by atoms with E-state index in [9.17, 15) is 4.79 Å². The number of nitrogens with zero attached hydrogens (tertiary/aromatic N) is 1. The molecule has 0 aliphatic heterocycles. The van der Waals surface area contributed by atoms with Crippen LogP contribution in [-0.4, -0.2) is 31.1 Å². The molecule has 0 aliphatic carbocycles. The van der Waals surface area contributed by atoms with Crippen molar-refractivity contribution in [1.29, 1.82) is 0 Å². The number of anilines is 1. The normalized spacial score (nSPS) is 11.6. The number of aryl methyl sites for hydroxylation is 1. The third kappa shape index (κ3) is 5.61. The van der Waals surface area contributed by atoms with Gasteiger partial charge in [-0.15, -0.1) is 11.3 Å². The lowest BCUT2D eigenvalue weighted by molar-refractivity contribution is 0.261. The zero-order valence-electron chi connectivity index (χ0n) is 18.8. The highest BCUT2D eigenvalue weighted by atomic mass is 32.1. The molecule has 4 heteroatoms. The van der Waals surface area contributed by atoms with E-state index in [0.717, 1.165) is 38.8 Å². The van der Waals surface area contributed by atoms with E-state index in [0.29, 0.717) is 0 Å². The minimum absolute atomic E-state index is 0.149. The quantitative estimate of drug-likeness (QED) is 0.256. The van der Waals surface area contributed by atoms with Gasteiger partial charge in [0.1, 0.15) is 0 Å². The third-order valence-electron chi connectivity index (χ3n) is 5.80. The van der Waals surface area contributed by atoms with E-state index in [2.05, 4.69) is 43.1 Å². The third-order valence-corrected chi connectivity index (χ3v) is 7.10. The molecule has 1 aromatic heterocycles. The molecule has 1 heterocycles. The fourth-order valence-electron chi connectivity index (χ4n) is 3.96. The second-order valence-corrected chi connectivity index (χ2v) is 9.30. The van der Waals surface area contributed by atoms with Crippen LogP contribution in [0, 0.1) is 6.92 Å². The van der Waals surface area contributed by atoms with Crippen LogP contribution in [0.5, 0.6) is 0 Å². The first-order chi connectivity index (χ1) is 14.7. The van der Waals surface area contributed by atoms with Crippen LogP contribution >= 0.6 is 11.3 Å². The van der Waals surface area contributed by atoms with E-state index < -0.39 is 0 Å². The maximum Gasteiger partial charge on any atom is 0.197 e. The second kappa shape index (κ2) is 11.5. The maximum absolute atomic E-state index is 13.2. The molecule has 0 saturated heterocycles. The summed E-state index contributed by atoms with van der Waals surface area (Å²) in [4.78, 5) is 15.8. The van der Waals surface area contributed by atoms with E-state index >= 15 is 0 Å². The van der Waals surface area contributed by atoms with Crippen LogP contribution in [-0.2, 0) is 0 Å². The first-order valence-electron chi connectivity index (χ1n) is 11.6. The van der Waals surface area contributed by atoms with E-state index in [1.54, 1.807) is 11.3 Å². The van der Waals surface area contributed by atoms with Crippen molar-refractivity contribution in [2.24, 2.45) is 0 Å². The van der Waals surface area contributed by atoms with Gasteiger partial charge in [-0.05, 0) is 76.0 Å². The highest BCUT2D eigenvalue weighted by molar-refractivity contribution is 7.24. The van der Waals surface area contributed by atoms with Crippen molar-refractivity contribution in [3.8, 4) is 0 Å². The average Bonchev–Trinajstić information content (AvgIpc) is 2.76. The van der Waals surface area contributed by atoms with Crippen molar-refractivity contribution in [1.82, 2.24) is 4.90 Å². The standard InChI is InChI=1S/C26H36N2OS/c1-4-6-17-28(18-7-5-2)19-11-10-16-27-22-15-14-20(3)26-24(22)25(29)21-12-8-9-13-23(21)30-26/h8-9,12-15,27H,4-7,10-11,16-19H2,1-3H3. The number of hydrogen-bond donors (Lipinski definition) is 1. The summed E-state index contributed by atoms with van der Waals surface area (Å²) >= 11 is 1.72. The number of hydrogen-bond acceptors (Lipinski definition) is 4. The molecule has 0 saturated carbocycles. The largest absolute Gasteiger partial charge is 0.384 e. The molecule has 0 bridgehead atoms. The van der Waals surface area contributed by atoms with Crippen molar-refractivity contribution >= 4 is 37.2 Å². The summed E-state index contributed by atoms with van der Waals surface area (Å²) in [5, 5.41) is 5.25. The minimum atomic E-state index is 0.149. The Hall–Kier alpha value is -1.91. The van der Waals surface area contributed by atoms with Gasteiger partial charge >= 0.3 is 0 Å². The van der Waals surface area contributed by atoms with Crippen LogP contribution in [0.3, 0.4) is 0 Å². The van der Waals surface area contributed by atoms with Crippen LogP contribution in [0.1, 0.15) is 57.9 Å². The number of nitrogens with one attached hydrogen (secondary N) is 1. The van der Waals surface area contributed by atoms with Gasteiger partial charge in [-0.3, -0.25) is 4.79 Å². The molecule has 0 unspecified atom stereocenters. The van der Waals surface area contributed by atoms with Gasteiger partial charge in [-0.25, -0.2) is 0 Å². The zero-order chi connectivity index (χ0) is 21.3. The number of benzene rings is 2. The van der Waals surface area contributed by atoms with Gasteiger partial charge in [0.25, 0.3) is 0 Å². The van der Waals surface area contributed by atoms with Crippen LogP contribution in [0.25, 0.3) is 20.2 Å². The van der Waals surface area contributed by atoms with Crippen molar-refractivity contribution in [3.63, 3.8) is 0 Å². The van der Waals surface area contributed by atoms with Crippen molar-refractivity contribution in [2.75, 3.05) is 31.5 Å². The predicted molar refractivity (Wildman–Crippen MR) is 134 cm³/mol. The lowest BCUT2D eigenvalue weighted by Crippen LogP contribution is -2.27. The van der Waals surface area contributed by atoms with Crippen LogP contribution < -0.4 is 10.7 Å². The Morgan fingerprint density at radius 2 is 1.60 bits per heavy atom.